The van der Waals surface area contributed by atoms with E-state index in [-0.39, 0.29) is 5.91 Å². The highest BCUT2D eigenvalue weighted by Gasteiger charge is 2.25. The van der Waals surface area contributed by atoms with E-state index in [0.29, 0.717) is 16.9 Å². The summed E-state index contributed by atoms with van der Waals surface area (Å²) in [7, 11) is 3.22. The number of likely N-dealkylation sites (N-methyl/N-ethyl adjacent to an activating group) is 1. The van der Waals surface area contributed by atoms with Crippen molar-refractivity contribution in [2.24, 2.45) is 0 Å². The zero-order valence-electron chi connectivity index (χ0n) is 20.0. The highest BCUT2D eigenvalue weighted by Crippen LogP contribution is 2.24. The molecule has 0 spiro atoms. The van der Waals surface area contributed by atoms with E-state index in [0.717, 1.165) is 50.2 Å². The smallest absolute Gasteiger partial charge is 0.255 e. The van der Waals surface area contributed by atoms with Gasteiger partial charge in [0.05, 0.1) is 10.8 Å². The lowest BCUT2D eigenvalue weighted by atomic mass is 10.0. The van der Waals surface area contributed by atoms with Crippen molar-refractivity contribution in [3.05, 3.63) is 59.7 Å². The molecule has 1 N–H and O–H groups in total. The van der Waals surface area contributed by atoms with Crippen LogP contribution in [-0.2, 0) is 21.4 Å². The summed E-state index contributed by atoms with van der Waals surface area (Å²) in [6.45, 7) is 2.11. The second-order valence-corrected chi connectivity index (χ2v) is 11.7. The summed E-state index contributed by atoms with van der Waals surface area (Å²) in [5.74, 6) is 0.810. The van der Waals surface area contributed by atoms with Crippen molar-refractivity contribution in [3.63, 3.8) is 0 Å². The van der Waals surface area contributed by atoms with Gasteiger partial charge in [-0.3, -0.25) is 4.79 Å². The van der Waals surface area contributed by atoms with Crippen LogP contribution in [0.3, 0.4) is 0 Å². The van der Waals surface area contributed by atoms with Crippen molar-refractivity contribution < 1.29 is 9.00 Å². The number of carbonyl (C=O) groups is 1. The van der Waals surface area contributed by atoms with Gasteiger partial charge in [-0.15, -0.1) is 4.21 Å². The second-order valence-electron chi connectivity index (χ2n) is 9.73. The molecular weight excluding hydrogens is 430 g/mol. The normalized spacial score (nSPS) is 23.5. The molecule has 2 heterocycles. The Morgan fingerprint density at radius 3 is 2.48 bits per heavy atom. The molecule has 2 aromatic carbocycles. The standard InChI is InChI=1S/C27H37N3O2S/c1-29(2)25-17-18-30(20-25)24-14-12-23(13-15-24)28-27(31)22-10-7-21(8-11-22)9-16-26-6-4-3-5-19-33(26)32/h7-8,10-15,25-26H,3-6,9,16-20H2,1-2H3,(H,28,31)/p+1. The lowest BCUT2D eigenvalue weighted by molar-refractivity contribution is 0.102. The first-order valence-electron chi connectivity index (χ1n) is 12.3. The number of nitrogens with zero attached hydrogens (tertiary/aromatic N) is 2. The van der Waals surface area contributed by atoms with Gasteiger partial charge in [0, 0.05) is 36.1 Å². The minimum absolute atomic E-state index is 0.0880. The fourth-order valence-electron chi connectivity index (χ4n) is 4.95. The number of rotatable bonds is 7. The number of aryl methyl sites for hydroxylation is 1. The Bertz CT molecular complexity index is 943. The number of nitrogens with one attached hydrogen (secondary N) is 1. The fourth-order valence-corrected chi connectivity index (χ4v) is 6.74. The molecule has 2 fully saturated rings. The van der Waals surface area contributed by atoms with E-state index >= 15 is 0 Å². The van der Waals surface area contributed by atoms with Gasteiger partial charge in [0.2, 0.25) is 0 Å². The Kier molecular flexibility index (Phi) is 8.20. The number of benzene rings is 2. The molecule has 0 aliphatic carbocycles. The molecule has 2 aromatic rings. The number of hydrogen-bond acceptors (Lipinski definition) is 4. The van der Waals surface area contributed by atoms with Crippen LogP contribution >= 0.6 is 0 Å². The van der Waals surface area contributed by atoms with Crippen molar-refractivity contribution in [2.45, 2.75) is 56.2 Å². The second kappa shape index (κ2) is 11.3. The summed E-state index contributed by atoms with van der Waals surface area (Å²) in [6, 6.07) is 16.6. The molecule has 0 saturated carbocycles. The molecule has 1 amide bonds. The fraction of sp³-hybridized carbons (Fsp3) is 0.519. The zero-order valence-corrected chi connectivity index (χ0v) is 20.9. The van der Waals surface area contributed by atoms with Crippen LogP contribution in [0.15, 0.2) is 48.5 Å². The maximum absolute atomic E-state index is 12.7. The van der Waals surface area contributed by atoms with Crippen molar-refractivity contribution >= 4 is 28.1 Å². The summed E-state index contributed by atoms with van der Waals surface area (Å²) >= 11 is 0. The summed E-state index contributed by atoms with van der Waals surface area (Å²) in [5, 5.41) is 3.38. The van der Waals surface area contributed by atoms with Gasteiger partial charge >= 0.3 is 0 Å². The van der Waals surface area contributed by atoms with E-state index in [9.17, 15) is 9.00 Å². The Labute approximate surface area is 201 Å². The molecule has 2 aliphatic heterocycles. The van der Waals surface area contributed by atoms with Crippen molar-refractivity contribution in [1.82, 2.24) is 4.90 Å². The van der Waals surface area contributed by atoms with Crippen molar-refractivity contribution in [2.75, 3.05) is 43.2 Å². The van der Waals surface area contributed by atoms with E-state index in [1.165, 1.54) is 30.5 Å². The van der Waals surface area contributed by atoms with Crippen LogP contribution in [0, 0.1) is 0 Å². The van der Waals surface area contributed by atoms with Gasteiger partial charge in [-0.25, -0.2) is 0 Å². The first-order valence-corrected chi connectivity index (χ1v) is 13.9. The maximum Gasteiger partial charge on any atom is 0.255 e. The van der Waals surface area contributed by atoms with Crippen molar-refractivity contribution in [3.8, 4) is 0 Å². The Hall–Kier alpha value is -2.18. The van der Waals surface area contributed by atoms with Crippen LogP contribution in [0.4, 0.5) is 11.4 Å². The summed E-state index contributed by atoms with van der Waals surface area (Å²) in [6.07, 6.45) is 7.75. The number of hydrogen-bond donors (Lipinski definition) is 1. The molecule has 178 valence electrons. The molecule has 3 unspecified atom stereocenters. The molecule has 2 aliphatic rings. The summed E-state index contributed by atoms with van der Waals surface area (Å²) in [4.78, 5) is 17.4. The highest BCUT2D eigenvalue weighted by atomic mass is 32.2. The largest absolute Gasteiger partial charge is 0.370 e. The van der Waals surface area contributed by atoms with Gasteiger partial charge in [-0.2, -0.15) is 0 Å². The molecule has 5 nitrogen and oxygen atoms in total. The summed E-state index contributed by atoms with van der Waals surface area (Å²) in [5.41, 5.74) is 3.90. The van der Waals surface area contributed by atoms with Gasteiger partial charge in [0.15, 0.2) is 0 Å². The van der Waals surface area contributed by atoms with Gasteiger partial charge in [-0.05, 0) is 101 Å². The monoisotopic (exact) mass is 468 g/mol. The van der Waals surface area contributed by atoms with Gasteiger partial charge in [0.25, 0.3) is 5.91 Å². The minimum Gasteiger partial charge on any atom is -0.370 e. The number of carbonyl (C=O) groups excluding carboxylic acids is 1. The third-order valence-electron chi connectivity index (χ3n) is 7.19. The minimum atomic E-state index is -1.05. The molecule has 2 saturated heterocycles. The third kappa shape index (κ3) is 6.45. The van der Waals surface area contributed by atoms with Gasteiger partial charge in [0.1, 0.15) is 11.0 Å². The van der Waals surface area contributed by atoms with Gasteiger partial charge < -0.3 is 15.1 Å². The molecule has 3 atom stereocenters. The summed E-state index contributed by atoms with van der Waals surface area (Å²) < 4.78 is 12.4. The van der Waals surface area contributed by atoms with E-state index in [1.807, 2.05) is 36.4 Å². The van der Waals surface area contributed by atoms with Crippen LogP contribution in [0.1, 0.15) is 54.4 Å². The molecule has 6 heteroatoms. The van der Waals surface area contributed by atoms with E-state index in [4.69, 9.17) is 0 Å². The predicted molar refractivity (Wildman–Crippen MR) is 140 cm³/mol. The first-order chi connectivity index (χ1) is 16.0. The van der Waals surface area contributed by atoms with Gasteiger partial charge in [-0.1, -0.05) is 12.1 Å². The van der Waals surface area contributed by atoms with Crippen LogP contribution < -0.4 is 10.2 Å². The topological polar surface area (TPSA) is 52.6 Å². The number of amides is 1. The Balaban J connectivity index is 1.28. The Morgan fingerprint density at radius 1 is 1.03 bits per heavy atom. The molecule has 0 aromatic heterocycles. The molecule has 0 radical (unpaired) electrons. The van der Waals surface area contributed by atoms with Crippen LogP contribution in [0.2, 0.25) is 0 Å². The Morgan fingerprint density at radius 2 is 1.79 bits per heavy atom. The molecule has 33 heavy (non-hydrogen) atoms. The van der Waals surface area contributed by atoms with E-state index in [2.05, 4.69) is 41.3 Å². The lowest BCUT2D eigenvalue weighted by Gasteiger charge is -2.22. The van der Waals surface area contributed by atoms with E-state index in [1.54, 1.807) is 0 Å². The third-order valence-corrected chi connectivity index (χ3v) is 9.28. The predicted octanol–water partition coefficient (Wildman–Crippen LogP) is 4.65. The number of thiol groups is 1. The average Bonchev–Trinajstić information content (AvgIpc) is 3.23. The van der Waals surface area contributed by atoms with Crippen molar-refractivity contribution in [1.29, 1.82) is 0 Å². The van der Waals surface area contributed by atoms with Crippen LogP contribution in [0.25, 0.3) is 0 Å². The lowest BCUT2D eigenvalue weighted by Crippen LogP contribution is -2.31. The SMILES string of the molecule is CN(C)C1CCN(c2ccc(NC(=O)c3ccc(CCC4CCCCC[SH+]4=O)cc3)cc2)C1. The van der Waals surface area contributed by atoms with Crippen LogP contribution in [-0.4, -0.2) is 55.0 Å². The quantitative estimate of drug-likeness (QED) is 0.475. The zero-order chi connectivity index (χ0) is 23.2. The first kappa shape index (κ1) is 24.0. The molecular formula is C27H38N3O2S+. The van der Waals surface area contributed by atoms with Crippen LogP contribution in [0.5, 0.6) is 0 Å². The molecule has 0 bridgehead atoms. The number of anilines is 2. The highest BCUT2D eigenvalue weighted by molar-refractivity contribution is 7.85. The average molecular weight is 469 g/mol. The molecule has 4 rings (SSSR count). The maximum atomic E-state index is 12.7. The van der Waals surface area contributed by atoms with E-state index < -0.39 is 10.8 Å².